The predicted octanol–water partition coefficient (Wildman–Crippen LogP) is 1.78. The van der Waals surface area contributed by atoms with E-state index in [0.717, 1.165) is 5.06 Å². The van der Waals surface area contributed by atoms with Crippen molar-refractivity contribution in [1.29, 1.82) is 0 Å². The van der Waals surface area contributed by atoms with E-state index < -0.39 is 0 Å². The first-order valence-electron chi connectivity index (χ1n) is 7.46. The standard InChI is InChI=1S/C16H23N2O3Se/c1-5-21-15(19)18(16(2,3)4)13-11-17(20)14(13)22-12-9-7-6-8-10-12/h6-10,13-14H,5,11H2,1-4H3/q-1. The van der Waals surface area contributed by atoms with Crippen molar-refractivity contribution in [1.82, 2.24) is 9.96 Å². The fourth-order valence-corrected chi connectivity index (χ4v) is 4.95. The molecule has 0 radical (unpaired) electrons. The number of hydrogen-bond donors (Lipinski definition) is 0. The van der Waals surface area contributed by atoms with Gasteiger partial charge in [0.25, 0.3) is 0 Å². The first-order valence-corrected chi connectivity index (χ1v) is 9.30. The van der Waals surface area contributed by atoms with Gasteiger partial charge in [0, 0.05) is 0 Å². The second-order valence-electron chi connectivity index (χ2n) is 6.23. The Bertz CT molecular complexity index is 504. The number of carbonyl (C=O) groups excluding carboxylic acids is 1. The molecular formula is C16H23N2O3Se-. The summed E-state index contributed by atoms with van der Waals surface area (Å²) in [5.74, 6) is 0. The molecule has 1 aliphatic heterocycles. The molecule has 0 saturated carbocycles. The van der Waals surface area contributed by atoms with Crippen molar-refractivity contribution in [2.75, 3.05) is 13.2 Å². The van der Waals surface area contributed by atoms with E-state index in [9.17, 15) is 10.0 Å². The molecule has 1 fully saturated rings. The van der Waals surface area contributed by atoms with Crippen LogP contribution in [0.1, 0.15) is 27.7 Å². The van der Waals surface area contributed by atoms with E-state index in [2.05, 4.69) is 0 Å². The molecule has 2 rings (SSSR count). The summed E-state index contributed by atoms with van der Waals surface area (Å²) in [6, 6.07) is 9.91. The zero-order valence-electron chi connectivity index (χ0n) is 13.5. The Morgan fingerprint density at radius 3 is 2.55 bits per heavy atom. The average molecular weight is 370 g/mol. The predicted molar refractivity (Wildman–Crippen MR) is 88.1 cm³/mol. The normalized spacial score (nSPS) is 22.0. The van der Waals surface area contributed by atoms with Crippen LogP contribution in [0.2, 0.25) is 0 Å². The molecule has 1 aromatic carbocycles. The van der Waals surface area contributed by atoms with Gasteiger partial charge in [-0.2, -0.15) is 0 Å². The number of ether oxygens (including phenoxy) is 1. The van der Waals surface area contributed by atoms with Crippen LogP contribution < -0.4 is 4.46 Å². The van der Waals surface area contributed by atoms with Crippen LogP contribution in [0.25, 0.3) is 0 Å². The minimum absolute atomic E-state index is 0.00191. The van der Waals surface area contributed by atoms with Crippen LogP contribution in [0.15, 0.2) is 30.3 Å². The average Bonchev–Trinajstić information content (AvgIpc) is 2.44. The van der Waals surface area contributed by atoms with Crippen LogP contribution >= 0.6 is 0 Å². The molecule has 122 valence electrons. The Hall–Kier alpha value is -1.07. The third kappa shape index (κ3) is 3.82. The van der Waals surface area contributed by atoms with Gasteiger partial charge in [0.15, 0.2) is 0 Å². The molecule has 0 bridgehead atoms. The van der Waals surface area contributed by atoms with Crippen LogP contribution in [-0.2, 0) is 4.74 Å². The van der Waals surface area contributed by atoms with E-state index in [4.69, 9.17) is 4.74 Å². The van der Waals surface area contributed by atoms with Crippen molar-refractivity contribution < 1.29 is 9.53 Å². The number of hydrogen-bond acceptors (Lipinski definition) is 4. The van der Waals surface area contributed by atoms with Gasteiger partial charge < -0.3 is 0 Å². The van der Waals surface area contributed by atoms with Crippen molar-refractivity contribution in [3.8, 4) is 0 Å². The molecule has 1 aliphatic rings. The summed E-state index contributed by atoms with van der Waals surface area (Å²) in [7, 11) is 0. The third-order valence-electron chi connectivity index (χ3n) is 3.50. The fraction of sp³-hybridized carbons (Fsp3) is 0.562. The van der Waals surface area contributed by atoms with E-state index in [1.54, 1.807) is 11.8 Å². The number of amides is 1. The Labute approximate surface area is 138 Å². The summed E-state index contributed by atoms with van der Waals surface area (Å²) in [6.07, 6.45) is -0.332. The summed E-state index contributed by atoms with van der Waals surface area (Å²) in [4.78, 5) is 13.9. The van der Waals surface area contributed by atoms with Crippen LogP contribution in [-0.4, -0.2) is 60.7 Å². The number of hydroxylamine groups is 2. The minimum atomic E-state index is -0.372. The third-order valence-corrected chi connectivity index (χ3v) is 6.30. The van der Waals surface area contributed by atoms with Crippen LogP contribution in [0.5, 0.6) is 0 Å². The van der Waals surface area contributed by atoms with Gasteiger partial charge in [-0.05, 0) is 0 Å². The molecule has 5 nitrogen and oxygen atoms in total. The molecule has 2 unspecified atom stereocenters. The first kappa shape index (κ1) is 17.3. The molecule has 0 spiro atoms. The van der Waals surface area contributed by atoms with Gasteiger partial charge in [-0.25, -0.2) is 0 Å². The van der Waals surface area contributed by atoms with Gasteiger partial charge in [0.05, 0.1) is 0 Å². The van der Waals surface area contributed by atoms with E-state index >= 15 is 0 Å². The maximum absolute atomic E-state index is 12.3. The van der Waals surface area contributed by atoms with Gasteiger partial charge in [-0.3, -0.25) is 0 Å². The molecule has 0 N–H and O–H groups in total. The summed E-state index contributed by atoms with van der Waals surface area (Å²) in [6.45, 7) is 8.42. The van der Waals surface area contributed by atoms with Crippen molar-refractivity contribution in [3.63, 3.8) is 0 Å². The topological polar surface area (TPSA) is 55.8 Å². The molecule has 1 amide bonds. The molecule has 1 aromatic rings. The van der Waals surface area contributed by atoms with Crippen molar-refractivity contribution in [2.45, 2.75) is 44.2 Å². The van der Waals surface area contributed by atoms with Gasteiger partial charge in [-0.1, -0.05) is 0 Å². The van der Waals surface area contributed by atoms with E-state index in [1.807, 2.05) is 51.1 Å². The van der Waals surface area contributed by atoms with Crippen LogP contribution in [0.4, 0.5) is 4.79 Å². The van der Waals surface area contributed by atoms with Crippen molar-refractivity contribution in [3.05, 3.63) is 35.5 Å². The molecule has 0 aliphatic carbocycles. The summed E-state index contributed by atoms with van der Waals surface area (Å²) >= 11 is 0.00191. The molecule has 0 aromatic heterocycles. The molecule has 6 heteroatoms. The number of benzene rings is 1. The first-order chi connectivity index (χ1) is 10.3. The molecule has 1 saturated heterocycles. The van der Waals surface area contributed by atoms with Crippen molar-refractivity contribution in [2.24, 2.45) is 0 Å². The summed E-state index contributed by atoms with van der Waals surface area (Å²) < 4.78 is 6.36. The maximum atomic E-state index is 12.3. The quantitative estimate of drug-likeness (QED) is 0.759. The van der Waals surface area contributed by atoms with Gasteiger partial charge in [-0.15, -0.1) is 0 Å². The van der Waals surface area contributed by atoms with Crippen LogP contribution in [0.3, 0.4) is 0 Å². The fourth-order valence-electron chi connectivity index (χ4n) is 2.52. The van der Waals surface area contributed by atoms with E-state index in [-0.39, 0.29) is 37.6 Å². The number of nitrogens with zero attached hydrogens (tertiary/aromatic N) is 2. The summed E-state index contributed by atoms with van der Waals surface area (Å²) in [5, 5.41) is 13.1. The van der Waals surface area contributed by atoms with Crippen molar-refractivity contribution >= 4 is 25.5 Å². The molecule has 1 heterocycles. The Kier molecular flexibility index (Phi) is 5.50. The monoisotopic (exact) mass is 371 g/mol. The molecule has 22 heavy (non-hydrogen) atoms. The Balaban J connectivity index is 2.15. The van der Waals surface area contributed by atoms with E-state index in [0.29, 0.717) is 13.2 Å². The molecular weight excluding hydrogens is 347 g/mol. The van der Waals surface area contributed by atoms with E-state index in [1.165, 1.54) is 4.46 Å². The van der Waals surface area contributed by atoms with Crippen LogP contribution in [0, 0.1) is 5.21 Å². The second-order valence-corrected chi connectivity index (χ2v) is 8.73. The SMILES string of the molecule is CCOC(=O)N(C1CN([O-])C1[Se]c1ccccc1)C(C)(C)C. The second kappa shape index (κ2) is 7.00. The van der Waals surface area contributed by atoms with Gasteiger partial charge >= 0.3 is 138 Å². The Morgan fingerprint density at radius 1 is 1.41 bits per heavy atom. The zero-order chi connectivity index (χ0) is 16.3. The van der Waals surface area contributed by atoms with Gasteiger partial charge in [0.1, 0.15) is 0 Å². The van der Waals surface area contributed by atoms with Gasteiger partial charge in [0.2, 0.25) is 0 Å². The Morgan fingerprint density at radius 2 is 2.05 bits per heavy atom. The summed E-state index contributed by atoms with van der Waals surface area (Å²) in [5.41, 5.74) is -0.372. The number of rotatable bonds is 4. The molecule has 2 atom stereocenters. The number of carbonyl (C=O) groups is 1. The zero-order valence-corrected chi connectivity index (χ0v) is 15.2.